The Kier molecular flexibility index (Phi) is 3.86. The van der Waals surface area contributed by atoms with Crippen molar-refractivity contribution >= 4 is 17.8 Å². The Morgan fingerprint density at radius 2 is 2.04 bits per heavy atom. The normalized spacial score (nSPS) is 22.7. The van der Waals surface area contributed by atoms with Crippen molar-refractivity contribution in [1.82, 2.24) is 15.5 Å². The van der Waals surface area contributed by atoms with Crippen LogP contribution in [0.5, 0.6) is 0 Å². The molecule has 6 heteroatoms. The van der Waals surface area contributed by atoms with Crippen LogP contribution in [0.2, 0.25) is 0 Å². The van der Waals surface area contributed by atoms with Gasteiger partial charge in [-0.05, 0) is 44.2 Å². The van der Waals surface area contributed by atoms with Crippen molar-refractivity contribution in [3.8, 4) is 0 Å². The molecule has 0 radical (unpaired) electrons. The summed E-state index contributed by atoms with van der Waals surface area (Å²) in [5, 5.41) is 5.68. The molecule has 0 bridgehead atoms. The van der Waals surface area contributed by atoms with Crippen molar-refractivity contribution in [2.75, 3.05) is 6.54 Å². The number of rotatable bonds is 4. The highest BCUT2D eigenvalue weighted by Crippen LogP contribution is 2.41. The molecule has 1 unspecified atom stereocenters. The summed E-state index contributed by atoms with van der Waals surface area (Å²) in [4.78, 5) is 38.5. The van der Waals surface area contributed by atoms with Gasteiger partial charge in [0.1, 0.15) is 12.1 Å². The van der Waals surface area contributed by atoms with Crippen molar-refractivity contribution in [2.24, 2.45) is 0 Å². The maximum Gasteiger partial charge on any atom is 0.325 e. The summed E-state index contributed by atoms with van der Waals surface area (Å²) in [6.07, 6.45) is 2.04. The summed E-state index contributed by atoms with van der Waals surface area (Å²) in [6.45, 7) is 5.54. The Morgan fingerprint density at radius 1 is 1.33 bits per heavy atom. The predicted octanol–water partition coefficient (Wildman–Crippen LogP) is 1.68. The molecule has 1 atom stereocenters. The van der Waals surface area contributed by atoms with E-state index in [2.05, 4.69) is 10.6 Å². The molecule has 3 rings (SSSR count). The molecule has 24 heavy (non-hydrogen) atoms. The second-order valence-corrected chi connectivity index (χ2v) is 7.17. The van der Waals surface area contributed by atoms with Crippen LogP contribution in [0.25, 0.3) is 0 Å². The summed E-state index contributed by atoms with van der Waals surface area (Å²) in [5.41, 5.74) is 0.548. The molecule has 1 aromatic rings. The third-order valence-electron chi connectivity index (χ3n) is 5.09. The fourth-order valence-corrected chi connectivity index (χ4v) is 3.38. The molecule has 1 spiro atoms. The number of nitrogens with one attached hydrogen (secondary N) is 2. The van der Waals surface area contributed by atoms with Crippen molar-refractivity contribution in [3.63, 3.8) is 0 Å². The van der Waals surface area contributed by atoms with E-state index < -0.39 is 11.6 Å². The lowest BCUT2D eigenvalue weighted by atomic mass is 9.92. The molecule has 4 amide bonds. The van der Waals surface area contributed by atoms with Gasteiger partial charge in [0.2, 0.25) is 5.91 Å². The first-order valence-electron chi connectivity index (χ1n) is 8.32. The van der Waals surface area contributed by atoms with E-state index in [9.17, 15) is 14.4 Å². The minimum atomic E-state index is -1.01. The predicted molar refractivity (Wildman–Crippen MR) is 89.2 cm³/mol. The lowest BCUT2D eigenvalue weighted by Gasteiger charge is -2.26. The number of fused-ring (bicyclic) bond motifs is 2. The number of urea groups is 1. The smallest absolute Gasteiger partial charge is 0.325 e. The second kappa shape index (κ2) is 5.61. The number of nitrogens with zero attached hydrogens (tertiary/aromatic N) is 1. The quantitative estimate of drug-likeness (QED) is 0.825. The van der Waals surface area contributed by atoms with E-state index in [-0.39, 0.29) is 23.9 Å². The molecule has 1 aliphatic heterocycles. The third kappa shape index (κ3) is 2.56. The van der Waals surface area contributed by atoms with Crippen LogP contribution in [-0.2, 0) is 21.5 Å². The van der Waals surface area contributed by atoms with Crippen LogP contribution in [0.15, 0.2) is 24.3 Å². The number of imide groups is 1. The number of amides is 4. The highest BCUT2D eigenvalue weighted by molar-refractivity contribution is 6.09. The van der Waals surface area contributed by atoms with Crippen LogP contribution >= 0.6 is 0 Å². The zero-order chi connectivity index (χ0) is 17.5. The molecule has 2 N–H and O–H groups in total. The largest absolute Gasteiger partial charge is 0.350 e. The van der Waals surface area contributed by atoms with E-state index in [1.54, 1.807) is 0 Å². The lowest BCUT2D eigenvalue weighted by Crippen LogP contribution is -2.49. The molecular weight excluding hydrogens is 306 g/mol. The molecule has 128 valence electrons. The van der Waals surface area contributed by atoms with Gasteiger partial charge in [-0.15, -0.1) is 0 Å². The minimum Gasteiger partial charge on any atom is -0.350 e. The van der Waals surface area contributed by atoms with E-state index in [1.165, 1.54) is 0 Å². The molecule has 0 saturated carbocycles. The highest BCUT2D eigenvalue weighted by Gasteiger charge is 2.55. The fourth-order valence-electron chi connectivity index (χ4n) is 3.38. The van der Waals surface area contributed by atoms with Crippen molar-refractivity contribution in [2.45, 2.75) is 51.1 Å². The molecular formula is C18H23N3O3. The Bertz CT molecular complexity index is 713. The number of benzene rings is 1. The van der Waals surface area contributed by atoms with E-state index in [0.717, 1.165) is 28.9 Å². The van der Waals surface area contributed by atoms with E-state index in [1.807, 2.05) is 45.0 Å². The Labute approximate surface area is 141 Å². The van der Waals surface area contributed by atoms with Gasteiger partial charge in [0.25, 0.3) is 5.91 Å². The summed E-state index contributed by atoms with van der Waals surface area (Å²) in [7, 11) is 0. The van der Waals surface area contributed by atoms with Crippen LogP contribution in [0, 0.1) is 0 Å². The lowest BCUT2D eigenvalue weighted by molar-refractivity contribution is -0.135. The number of aryl methyl sites for hydroxylation is 1. The first-order valence-corrected chi connectivity index (χ1v) is 8.32. The maximum atomic E-state index is 12.9. The van der Waals surface area contributed by atoms with Crippen molar-refractivity contribution in [1.29, 1.82) is 0 Å². The Hall–Kier alpha value is -2.37. The molecule has 1 aromatic carbocycles. The van der Waals surface area contributed by atoms with Crippen molar-refractivity contribution in [3.05, 3.63) is 35.4 Å². The second-order valence-electron chi connectivity index (χ2n) is 7.17. The molecule has 6 nitrogen and oxygen atoms in total. The zero-order valence-electron chi connectivity index (χ0n) is 14.3. The number of carbonyl (C=O) groups excluding carboxylic acids is 3. The van der Waals surface area contributed by atoms with Crippen LogP contribution in [0.4, 0.5) is 4.79 Å². The van der Waals surface area contributed by atoms with Gasteiger partial charge in [-0.2, -0.15) is 0 Å². The molecule has 0 aromatic heterocycles. The first-order chi connectivity index (χ1) is 11.3. The number of hydrogen-bond acceptors (Lipinski definition) is 3. The topological polar surface area (TPSA) is 78.5 Å². The number of hydrogen-bond donors (Lipinski definition) is 2. The fraction of sp³-hybridized carbons (Fsp3) is 0.500. The van der Waals surface area contributed by atoms with Crippen molar-refractivity contribution < 1.29 is 14.4 Å². The summed E-state index contributed by atoms with van der Waals surface area (Å²) >= 11 is 0. The van der Waals surface area contributed by atoms with Gasteiger partial charge in [-0.25, -0.2) is 4.79 Å². The zero-order valence-corrected chi connectivity index (χ0v) is 14.3. The summed E-state index contributed by atoms with van der Waals surface area (Å²) < 4.78 is 0. The average molecular weight is 329 g/mol. The molecule has 2 aliphatic rings. The van der Waals surface area contributed by atoms with Gasteiger partial charge in [-0.1, -0.05) is 31.2 Å². The summed E-state index contributed by atoms with van der Waals surface area (Å²) in [5.74, 6) is -0.657. The SMILES string of the molecule is CCC(C)(C)NC(=O)CN1C(=O)NC2(CCc3ccccc32)C1=O. The molecule has 1 aliphatic carbocycles. The molecule has 1 fully saturated rings. The third-order valence-corrected chi connectivity index (χ3v) is 5.09. The van der Waals surface area contributed by atoms with E-state index in [0.29, 0.717) is 6.42 Å². The van der Waals surface area contributed by atoms with Gasteiger partial charge < -0.3 is 10.6 Å². The maximum absolute atomic E-state index is 12.9. The van der Waals surface area contributed by atoms with Crippen LogP contribution in [-0.4, -0.2) is 34.8 Å². The monoisotopic (exact) mass is 329 g/mol. The number of carbonyl (C=O) groups is 3. The molecule has 1 saturated heterocycles. The minimum absolute atomic E-state index is 0.252. The van der Waals surface area contributed by atoms with Crippen LogP contribution in [0.1, 0.15) is 44.7 Å². The molecule has 1 heterocycles. The van der Waals surface area contributed by atoms with E-state index >= 15 is 0 Å². The highest BCUT2D eigenvalue weighted by atomic mass is 16.2. The van der Waals surface area contributed by atoms with E-state index in [4.69, 9.17) is 0 Å². The van der Waals surface area contributed by atoms with Gasteiger partial charge in [0.15, 0.2) is 0 Å². The standard InChI is InChI=1S/C18H23N3O3/c1-4-17(2,3)19-14(22)11-21-15(23)18(20-16(21)24)10-9-12-7-5-6-8-13(12)18/h5-8H,4,9-11H2,1-3H3,(H,19,22)(H,20,24). The van der Waals surface area contributed by atoms with Crippen LogP contribution < -0.4 is 10.6 Å². The Balaban J connectivity index is 1.80. The average Bonchev–Trinajstić information content (AvgIpc) is 3.01. The Morgan fingerprint density at radius 3 is 2.75 bits per heavy atom. The van der Waals surface area contributed by atoms with Gasteiger partial charge in [0.05, 0.1) is 0 Å². The van der Waals surface area contributed by atoms with Gasteiger partial charge in [0, 0.05) is 5.54 Å². The van der Waals surface area contributed by atoms with Crippen LogP contribution in [0.3, 0.4) is 0 Å². The van der Waals surface area contributed by atoms with Gasteiger partial charge >= 0.3 is 6.03 Å². The summed E-state index contributed by atoms with van der Waals surface area (Å²) in [6, 6.07) is 7.15. The van der Waals surface area contributed by atoms with Gasteiger partial charge in [-0.3, -0.25) is 14.5 Å². The first kappa shape index (κ1) is 16.5.